The summed E-state index contributed by atoms with van der Waals surface area (Å²) in [5.41, 5.74) is 6.77. The molecule has 12 nitrogen and oxygen atoms in total. The molecule has 5 rings (SSSR count). The van der Waals surface area contributed by atoms with Crippen molar-refractivity contribution in [3.63, 3.8) is 0 Å². The lowest BCUT2D eigenvalue weighted by molar-refractivity contribution is -0.146. The summed E-state index contributed by atoms with van der Waals surface area (Å²) in [7, 11) is -6.29. The zero-order valence-electron chi connectivity index (χ0n) is 42.2. The van der Waals surface area contributed by atoms with Crippen LogP contribution < -0.4 is 10.6 Å². The molecule has 0 amide bonds. The van der Waals surface area contributed by atoms with Crippen molar-refractivity contribution in [2.45, 2.75) is 128 Å². The quantitative estimate of drug-likeness (QED) is 0.0343. The summed E-state index contributed by atoms with van der Waals surface area (Å²) in [5.74, 6) is -1.61. The maximum absolute atomic E-state index is 13.6. The van der Waals surface area contributed by atoms with E-state index in [9.17, 15) is 42.5 Å². The molecule has 0 bridgehead atoms. The third-order valence-corrected chi connectivity index (χ3v) is 17.0. The van der Waals surface area contributed by atoms with Crippen molar-refractivity contribution in [3.05, 3.63) is 162 Å². The lowest BCUT2D eigenvalue weighted by Crippen LogP contribution is -2.23. The first-order chi connectivity index (χ1) is 33.6. The van der Waals surface area contributed by atoms with Crippen LogP contribution >= 0.6 is 24.1 Å². The van der Waals surface area contributed by atoms with Gasteiger partial charge < -0.3 is 23.3 Å². The van der Waals surface area contributed by atoms with Crippen LogP contribution in [0.15, 0.2) is 78.9 Å². The molecular formula is C56H63O12P3. The van der Waals surface area contributed by atoms with Crippen LogP contribution in [0, 0.1) is 67.7 Å². The van der Waals surface area contributed by atoms with E-state index < -0.39 is 64.0 Å². The van der Waals surface area contributed by atoms with E-state index in [1.807, 2.05) is 39.8 Å². The van der Waals surface area contributed by atoms with Crippen molar-refractivity contribution >= 4 is 69.2 Å². The fraction of sp³-hybridized carbons (Fsp3) is 0.357. The van der Waals surface area contributed by atoms with E-state index >= 15 is 0 Å². The van der Waals surface area contributed by atoms with Crippen LogP contribution in [0.1, 0.15) is 143 Å². The van der Waals surface area contributed by atoms with Crippen LogP contribution in [-0.2, 0) is 62.1 Å². The number of aryl methyl sites for hydroxylation is 6. The van der Waals surface area contributed by atoms with Crippen LogP contribution in [0.2, 0.25) is 0 Å². The molecule has 2 atom stereocenters. The molecule has 5 aromatic carbocycles. The lowest BCUT2D eigenvalue weighted by atomic mass is 9.77. The highest BCUT2D eigenvalue weighted by molar-refractivity contribution is 7.72. The van der Waals surface area contributed by atoms with Crippen LogP contribution in [0.5, 0.6) is 0 Å². The highest BCUT2D eigenvalue weighted by Gasteiger charge is 2.30. The molecule has 0 aliphatic heterocycles. The van der Waals surface area contributed by atoms with Gasteiger partial charge in [-0.1, -0.05) is 85.8 Å². The predicted molar refractivity (Wildman–Crippen MR) is 278 cm³/mol. The Bertz CT molecular complexity index is 2800. The van der Waals surface area contributed by atoms with Crippen LogP contribution in [0.3, 0.4) is 0 Å². The summed E-state index contributed by atoms with van der Waals surface area (Å²) in [6.07, 6.45) is 0.464. The second-order valence-electron chi connectivity index (χ2n) is 18.7. The maximum atomic E-state index is 13.6. The Morgan fingerprint density at radius 2 is 0.761 bits per heavy atom. The Hall–Kier alpha value is -5.92. The Morgan fingerprint density at radius 1 is 0.465 bits per heavy atom. The number of carbonyl (C=O) groups excluding carboxylic acids is 6. The lowest BCUT2D eigenvalue weighted by Gasteiger charge is -2.29. The zero-order valence-corrected chi connectivity index (χ0v) is 45.1. The SMILES string of the molecule is Cc1cc(C)c(C(=O)P=O)c(C)c1COC(=O)CCC(C)(CCC(=O)OCc1c(C)cc(C)c(C(=O)[PH](=O)c2ccccc2)c1C)CCC(=O)OCc1c(C)cc(C)c(C(=O)[PH](=O)c2ccccc2)c1C. The smallest absolute Gasteiger partial charge is 0.306 e. The molecule has 0 heterocycles. The highest BCUT2D eigenvalue weighted by Crippen LogP contribution is 2.38. The molecule has 0 spiro atoms. The van der Waals surface area contributed by atoms with E-state index in [4.69, 9.17) is 14.2 Å². The van der Waals surface area contributed by atoms with E-state index in [0.29, 0.717) is 77.4 Å². The number of esters is 3. The first kappa shape index (κ1) is 56.0. The summed E-state index contributed by atoms with van der Waals surface area (Å²) in [4.78, 5) is 80.1. The molecule has 0 aliphatic carbocycles. The Labute approximate surface area is 419 Å². The summed E-state index contributed by atoms with van der Waals surface area (Å²) in [6, 6.07) is 22.6. The van der Waals surface area contributed by atoms with E-state index in [2.05, 4.69) is 0 Å². The molecule has 5 aromatic rings. The molecule has 374 valence electrons. The monoisotopic (exact) mass is 1020 g/mol. The minimum absolute atomic E-state index is 0.0646. The average molecular weight is 1020 g/mol. The number of hydrogen-bond acceptors (Lipinski definition) is 12. The van der Waals surface area contributed by atoms with Crippen molar-refractivity contribution in [1.82, 2.24) is 0 Å². The van der Waals surface area contributed by atoms with Gasteiger partial charge in [-0.3, -0.25) is 33.3 Å². The summed E-state index contributed by atoms with van der Waals surface area (Å²) in [5, 5.41) is 0.912. The zero-order chi connectivity index (χ0) is 52.3. The van der Waals surface area contributed by atoms with Gasteiger partial charge in [0.2, 0.25) is 19.5 Å². The second-order valence-corrected chi connectivity index (χ2v) is 22.7. The predicted octanol–water partition coefficient (Wildman–Crippen LogP) is 11.8. The van der Waals surface area contributed by atoms with Gasteiger partial charge in [-0.05, 0) is 154 Å². The largest absolute Gasteiger partial charge is 0.461 e. The van der Waals surface area contributed by atoms with Crippen LogP contribution in [-0.4, -0.2) is 34.5 Å². The number of hydrogen-bond donors (Lipinski definition) is 0. The van der Waals surface area contributed by atoms with E-state index in [1.165, 1.54) is 0 Å². The van der Waals surface area contributed by atoms with Crippen molar-refractivity contribution in [2.24, 2.45) is 5.41 Å². The van der Waals surface area contributed by atoms with Crippen molar-refractivity contribution in [1.29, 1.82) is 0 Å². The minimum atomic E-state index is -2.83. The molecular weight excluding hydrogens is 958 g/mol. The normalized spacial score (nSPS) is 12.9. The molecule has 2 unspecified atom stereocenters. The second kappa shape index (κ2) is 25.0. The van der Waals surface area contributed by atoms with E-state index in [-0.39, 0.29) is 58.3 Å². The molecule has 71 heavy (non-hydrogen) atoms. The van der Waals surface area contributed by atoms with Gasteiger partial charge in [0, 0.05) is 46.6 Å². The first-order valence-electron chi connectivity index (χ1n) is 23.5. The van der Waals surface area contributed by atoms with Gasteiger partial charge in [-0.2, -0.15) is 0 Å². The first-order valence-corrected chi connectivity index (χ1v) is 27.1. The molecule has 0 aromatic heterocycles. The topological polar surface area (TPSA) is 181 Å². The molecule has 0 radical (unpaired) electrons. The van der Waals surface area contributed by atoms with Gasteiger partial charge in [0.25, 0.3) is 5.52 Å². The van der Waals surface area contributed by atoms with Gasteiger partial charge in [0.1, 0.15) is 19.8 Å². The average Bonchev–Trinajstić information content (AvgIpc) is 3.33. The minimum Gasteiger partial charge on any atom is -0.461 e. The van der Waals surface area contributed by atoms with Gasteiger partial charge >= 0.3 is 17.9 Å². The van der Waals surface area contributed by atoms with Crippen molar-refractivity contribution < 1.29 is 56.7 Å². The fourth-order valence-electron chi connectivity index (χ4n) is 9.35. The van der Waals surface area contributed by atoms with E-state index in [1.54, 1.807) is 108 Å². The Balaban J connectivity index is 1.30. The number of ether oxygens (including phenoxy) is 3. The molecule has 0 N–H and O–H groups in total. The molecule has 0 saturated heterocycles. The molecule has 15 heteroatoms. The van der Waals surface area contributed by atoms with Crippen LogP contribution in [0.4, 0.5) is 0 Å². The Morgan fingerprint density at radius 3 is 1.07 bits per heavy atom. The summed E-state index contributed by atoms with van der Waals surface area (Å²) < 4.78 is 55.5. The van der Waals surface area contributed by atoms with Gasteiger partial charge in [-0.25, -0.2) is 0 Å². The highest BCUT2D eigenvalue weighted by atomic mass is 31.1. The third-order valence-electron chi connectivity index (χ3n) is 13.6. The fourth-order valence-corrected chi connectivity index (χ4v) is 12.5. The number of benzene rings is 5. The van der Waals surface area contributed by atoms with E-state index in [0.717, 1.165) is 16.7 Å². The van der Waals surface area contributed by atoms with Crippen molar-refractivity contribution in [2.75, 3.05) is 0 Å². The number of rotatable bonds is 23. The summed E-state index contributed by atoms with van der Waals surface area (Å²) in [6.45, 7) is 17.6. The van der Waals surface area contributed by atoms with Crippen LogP contribution in [0.25, 0.3) is 0 Å². The van der Waals surface area contributed by atoms with Gasteiger partial charge in [-0.15, -0.1) is 0 Å². The molecule has 0 saturated carbocycles. The number of carbonyl (C=O) groups is 6. The van der Waals surface area contributed by atoms with Gasteiger partial charge in [0.15, 0.2) is 15.6 Å². The van der Waals surface area contributed by atoms with Crippen molar-refractivity contribution in [3.8, 4) is 0 Å². The summed E-state index contributed by atoms with van der Waals surface area (Å²) >= 11 is 0. The standard InChI is InChI=1S/C56H63O12P3/c1-33-27-36(4)50(53(60)69-63)39(7)44(33)30-66-47(57)21-24-56(10,25-22-48(58)67-31-45-34(2)28-37(5)51(40(45)8)54(61)70(64)42-17-13-11-14-18-42)26-23-49(59)68-32-46-35(3)29-38(6)52(41(46)9)55(62)71(65)43-19-15-12-16-20-43/h11-20,27-29,70-71H,21-26,30-32H2,1-10H3. The molecule has 0 aliphatic rings. The maximum Gasteiger partial charge on any atom is 0.306 e. The third kappa shape index (κ3) is 13.9. The Kier molecular flexibility index (Phi) is 19.7. The molecule has 0 fully saturated rings. The van der Waals surface area contributed by atoms with Gasteiger partial charge in [0.05, 0.1) is 0 Å².